The van der Waals surface area contributed by atoms with E-state index in [1.807, 2.05) is 0 Å². The van der Waals surface area contributed by atoms with Crippen molar-refractivity contribution in [3.8, 4) is 50.2 Å². The molecule has 3 heteroatoms. The van der Waals surface area contributed by atoms with Gasteiger partial charge in [-0.1, -0.05) is 188 Å². The van der Waals surface area contributed by atoms with Crippen molar-refractivity contribution < 1.29 is 0 Å². The van der Waals surface area contributed by atoms with Crippen molar-refractivity contribution in [1.29, 1.82) is 0 Å². The van der Waals surface area contributed by atoms with Crippen molar-refractivity contribution in [2.24, 2.45) is 4.99 Å². The number of aliphatic imine (C=N–C) groups is 1. The van der Waals surface area contributed by atoms with E-state index in [2.05, 4.69) is 253 Å². The van der Waals surface area contributed by atoms with Gasteiger partial charge in [-0.2, -0.15) is 0 Å². The molecule has 0 saturated carbocycles. The van der Waals surface area contributed by atoms with E-state index in [-0.39, 0.29) is 6.04 Å². The highest BCUT2D eigenvalue weighted by Crippen LogP contribution is 2.48. The minimum Gasteiger partial charge on any atom is -0.360 e. The van der Waals surface area contributed by atoms with Crippen molar-refractivity contribution in [2.45, 2.75) is 6.04 Å². The molecule has 0 saturated heterocycles. The van der Waals surface area contributed by atoms with E-state index in [4.69, 9.17) is 4.99 Å². The third kappa shape index (κ3) is 6.23. The van der Waals surface area contributed by atoms with E-state index in [1.54, 1.807) is 0 Å². The van der Waals surface area contributed by atoms with Crippen LogP contribution < -0.4 is 4.90 Å². The molecule has 1 aliphatic rings. The second-order valence-corrected chi connectivity index (χ2v) is 17.6. The third-order valence-electron chi connectivity index (χ3n) is 13.9. The molecule has 0 spiro atoms. The molecule has 0 fully saturated rings. The third-order valence-corrected chi connectivity index (χ3v) is 13.9. The van der Waals surface area contributed by atoms with Crippen LogP contribution in [0.3, 0.4) is 0 Å². The van der Waals surface area contributed by atoms with Gasteiger partial charge in [-0.3, -0.25) is 4.99 Å². The zero-order valence-corrected chi connectivity index (χ0v) is 36.4. The summed E-state index contributed by atoms with van der Waals surface area (Å²) < 4.78 is 2.40. The lowest BCUT2D eigenvalue weighted by Crippen LogP contribution is -2.28. The molecule has 310 valence electrons. The molecule has 0 radical (unpaired) electrons. The Morgan fingerprint density at radius 2 is 0.848 bits per heavy atom. The predicted octanol–water partition coefficient (Wildman–Crippen LogP) is 16.8. The fourth-order valence-electron chi connectivity index (χ4n) is 10.5. The fourth-order valence-corrected chi connectivity index (χ4v) is 10.5. The molecule has 1 atom stereocenters. The van der Waals surface area contributed by atoms with Gasteiger partial charge >= 0.3 is 0 Å². The molecule has 0 aliphatic carbocycles. The summed E-state index contributed by atoms with van der Waals surface area (Å²) in [7, 11) is 2.20. The minimum absolute atomic E-state index is 0.0126. The zero-order chi connectivity index (χ0) is 43.7. The van der Waals surface area contributed by atoms with E-state index in [0.717, 1.165) is 11.4 Å². The topological polar surface area (TPSA) is 20.5 Å². The zero-order valence-electron chi connectivity index (χ0n) is 36.4. The molecule has 2 heterocycles. The van der Waals surface area contributed by atoms with Crippen molar-refractivity contribution in [3.63, 3.8) is 0 Å². The Morgan fingerprint density at radius 1 is 0.348 bits per heavy atom. The summed E-state index contributed by atoms with van der Waals surface area (Å²) in [5.41, 5.74) is 16.6. The van der Waals surface area contributed by atoms with E-state index in [1.165, 1.54) is 110 Å². The van der Waals surface area contributed by atoms with Gasteiger partial charge < -0.3 is 9.47 Å². The van der Waals surface area contributed by atoms with Crippen LogP contribution >= 0.6 is 0 Å². The van der Waals surface area contributed by atoms with Crippen molar-refractivity contribution in [3.05, 3.63) is 236 Å². The number of aromatic nitrogens is 1. The van der Waals surface area contributed by atoms with Crippen LogP contribution in [-0.4, -0.2) is 17.8 Å². The van der Waals surface area contributed by atoms with Crippen LogP contribution in [0.15, 0.2) is 236 Å². The molecule has 11 aromatic carbocycles. The molecule has 13 rings (SSSR count). The van der Waals surface area contributed by atoms with E-state index in [9.17, 15) is 0 Å². The highest BCUT2D eigenvalue weighted by Gasteiger charge is 2.26. The van der Waals surface area contributed by atoms with Gasteiger partial charge in [0.15, 0.2) is 0 Å². The van der Waals surface area contributed by atoms with Gasteiger partial charge in [0.25, 0.3) is 0 Å². The summed E-state index contributed by atoms with van der Waals surface area (Å²) in [6, 6.07) is 84.2. The van der Waals surface area contributed by atoms with E-state index in [0.29, 0.717) is 0 Å². The highest BCUT2D eigenvalue weighted by atomic mass is 15.2. The van der Waals surface area contributed by atoms with Gasteiger partial charge in [0.05, 0.1) is 28.5 Å². The number of fused-ring (bicyclic) bond motifs is 10. The SMILES string of the molecule is CN1c2c(c3ccccc3c3ccccc23)N=CC1c1cccc(-c2ccc(-c3ccc(-c4ccc5c(c4)c4ccccc4n5-c4ccc(-c5ccc6ccccc6c5)cc4)cc3)cc2)c1. The molecular formula is C63H43N3. The van der Waals surface area contributed by atoms with Gasteiger partial charge in [-0.25, -0.2) is 0 Å². The summed E-state index contributed by atoms with van der Waals surface area (Å²) in [5.74, 6) is 0. The smallest absolute Gasteiger partial charge is 0.0945 e. The maximum Gasteiger partial charge on any atom is 0.0945 e. The highest BCUT2D eigenvalue weighted by molar-refractivity contribution is 6.21. The summed E-state index contributed by atoms with van der Waals surface area (Å²) in [4.78, 5) is 7.53. The Hall–Kier alpha value is -8.53. The Bertz CT molecular complexity index is 3880. The first-order chi connectivity index (χ1) is 32.6. The van der Waals surface area contributed by atoms with Gasteiger partial charge in [-0.05, 0) is 114 Å². The van der Waals surface area contributed by atoms with Crippen LogP contribution in [0.1, 0.15) is 11.6 Å². The minimum atomic E-state index is 0.0126. The molecule has 12 aromatic rings. The number of rotatable bonds is 6. The first-order valence-electron chi connectivity index (χ1n) is 22.8. The van der Waals surface area contributed by atoms with Gasteiger partial charge in [-0.15, -0.1) is 0 Å². The van der Waals surface area contributed by atoms with Crippen LogP contribution in [0, 0.1) is 0 Å². The summed E-state index contributed by atoms with van der Waals surface area (Å²) in [5, 5.41) is 9.94. The first kappa shape index (κ1) is 38.0. The molecule has 0 amide bonds. The number of nitrogens with zero attached hydrogens (tertiary/aromatic N) is 3. The Kier molecular flexibility index (Phi) is 8.82. The van der Waals surface area contributed by atoms with Gasteiger partial charge in [0, 0.05) is 40.5 Å². The second-order valence-electron chi connectivity index (χ2n) is 17.6. The number of hydrogen-bond donors (Lipinski definition) is 0. The average Bonchev–Trinajstić information content (AvgIpc) is 3.72. The Balaban J connectivity index is 0.760. The first-order valence-corrected chi connectivity index (χ1v) is 22.8. The molecule has 3 nitrogen and oxygen atoms in total. The van der Waals surface area contributed by atoms with Gasteiger partial charge in [0.1, 0.15) is 0 Å². The van der Waals surface area contributed by atoms with Crippen LogP contribution in [0.4, 0.5) is 11.4 Å². The van der Waals surface area contributed by atoms with Crippen molar-refractivity contribution in [2.75, 3.05) is 11.9 Å². The number of para-hydroxylation sites is 1. The van der Waals surface area contributed by atoms with Crippen LogP contribution in [0.2, 0.25) is 0 Å². The molecular weight excluding hydrogens is 799 g/mol. The normalized spacial score (nSPS) is 13.6. The summed E-state index contributed by atoms with van der Waals surface area (Å²) in [6.45, 7) is 0. The average molecular weight is 842 g/mol. The van der Waals surface area contributed by atoms with Crippen LogP contribution in [-0.2, 0) is 0 Å². The standard InChI is InChI=1S/C63H43N3/c1-65-61(40-64-62-56-18-6-4-15-53(56)54-16-5-7-19-57(54)63(62)65)51-14-10-13-48(38-51)44-25-21-42(22-26-44)43-23-27-45(28-24-43)50-33-36-60-58(39-50)55-17-8-9-20-59(55)66(60)52-34-31-46(32-35-52)49-30-29-41-11-2-3-12-47(41)37-49/h2-40,61H,1H3. The molecule has 1 aliphatic heterocycles. The second kappa shape index (κ2) is 15.3. The monoisotopic (exact) mass is 841 g/mol. The summed E-state index contributed by atoms with van der Waals surface area (Å²) >= 11 is 0. The summed E-state index contributed by atoms with van der Waals surface area (Å²) in [6.07, 6.45) is 2.11. The van der Waals surface area contributed by atoms with Gasteiger partial charge in [0.2, 0.25) is 0 Å². The number of benzene rings is 11. The number of hydrogen-bond acceptors (Lipinski definition) is 2. The molecule has 1 unspecified atom stereocenters. The Morgan fingerprint density at radius 3 is 1.56 bits per heavy atom. The fraction of sp³-hybridized carbons (Fsp3) is 0.0317. The quantitative estimate of drug-likeness (QED) is 0.153. The maximum absolute atomic E-state index is 5.14. The van der Waals surface area contributed by atoms with Crippen LogP contribution in [0.25, 0.3) is 104 Å². The van der Waals surface area contributed by atoms with Crippen molar-refractivity contribution >= 4 is 71.7 Å². The lowest BCUT2D eigenvalue weighted by molar-refractivity contribution is 0.857. The van der Waals surface area contributed by atoms with E-state index < -0.39 is 0 Å². The predicted molar refractivity (Wildman–Crippen MR) is 281 cm³/mol. The molecule has 0 bridgehead atoms. The largest absolute Gasteiger partial charge is 0.360 e. The molecule has 1 aromatic heterocycles. The maximum atomic E-state index is 5.14. The molecule has 66 heavy (non-hydrogen) atoms. The Labute approximate surface area is 383 Å². The lowest BCUT2D eigenvalue weighted by atomic mass is 9.93. The van der Waals surface area contributed by atoms with Crippen LogP contribution in [0.5, 0.6) is 0 Å². The lowest BCUT2D eigenvalue weighted by Gasteiger charge is -2.34. The number of anilines is 1. The van der Waals surface area contributed by atoms with Crippen molar-refractivity contribution in [1.82, 2.24) is 4.57 Å². The van der Waals surface area contributed by atoms with E-state index >= 15 is 0 Å². The molecule has 0 N–H and O–H groups in total.